The van der Waals surface area contributed by atoms with Gasteiger partial charge in [0.2, 0.25) is 5.91 Å². The molecule has 36 heavy (non-hydrogen) atoms. The molecular weight excluding hydrogens is 456 g/mol. The van der Waals surface area contributed by atoms with E-state index < -0.39 is 6.04 Å². The summed E-state index contributed by atoms with van der Waals surface area (Å²) in [6, 6.07) is 20.0. The van der Waals surface area contributed by atoms with Gasteiger partial charge < -0.3 is 24.6 Å². The number of ether oxygens (including phenoxy) is 2. The SMILES string of the molecule is COc1ccc(C(=O)N[C@H](COCc2ccccc2)C(=O)N2CCN(c3ccccn3)CC2)cc1C. The molecule has 1 aromatic heterocycles. The molecule has 0 saturated carbocycles. The van der Waals surface area contributed by atoms with E-state index in [-0.39, 0.29) is 18.4 Å². The Balaban J connectivity index is 1.42. The second-order valence-corrected chi connectivity index (χ2v) is 8.71. The Labute approximate surface area is 211 Å². The minimum absolute atomic E-state index is 0.0784. The maximum absolute atomic E-state index is 13.5. The lowest BCUT2D eigenvalue weighted by molar-refractivity contribution is -0.135. The Hall–Kier alpha value is -3.91. The summed E-state index contributed by atoms with van der Waals surface area (Å²) in [7, 11) is 1.59. The van der Waals surface area contributed by atoms with Gasteiger partial charge in [-0.2, -0.15) is 0 Å². The summed E-state index contributed by atoms with van der Waals surface area (Å²) >= 11 is 0. The van der Waals surface area contributed by atoms with Crippen molar-refractivity contribution in [1.82, 2.24) is 15.2 Å². The number of benzene rings is 2. The molecule has 1 fully saturated rings. The van der Waals surface area contributed by atoms with Crippen LogP contribution in [0.25, 0.3) is 0 Å². The predicted octanol–water partition coefficient (Wildman–Crippen LogP) is 3.06. The van der Waals surface area contributed by atoms with Crippen molar-refractivity contribution in [2.24, 2.45) is 0 Å². The van der Waals surface area contributed by atoms with Crippen molar-refractivity contribution in [3.8, 4) is 5.75 Å². The number of hydrogen-bond acceptors (Lipinski definition) is 6. The van der Waals surface area contributed by atoms with Gasteiger partial charge in [-0.05, 0) is 48.4 Å². The predicted molar refractivity (Wildman–Crippen MR) is 138 cm³/mol. The van der Waals surface area contributed by atoms with Gasteiger partial charge in [0.1, 0.15) is 17.6 Å². The number of anilines is 1. The highest BCUT2D eigenvalue weighted by atomic mass is 16.5. The van der Waals surface area contributed by atoms with Crippen LogP contribution in [0.15, 0.2) is 72.9 Å². The highest BCUT2D eigenvalue weighted by molar-refractivity contribution is 5.98. The Morgan fingerprint density at radius 2 is 1.75 bits per heavy atom. The smallest absolute Gasteiger partial charge is 0.252 e. The molecule has 1 atom stereocenters. The quantitative estimate of drug-likeness (QED) is 0.499. The molecule has 8 heteroatoms. The first kappa shape index (κ1) is 25.2. The zero-order valence-electron chi connectivity index (χ0n) is 20.7. The minimum atomic E-state index is -0.801. The van der Waals surface area contributed by atoms with Crippen molar-refractivity contribution in [2.75, 3.05) is 44.8 Å². The molecule has 1 N–H and O–H groups in total. The van der Waals surface area contributed by atoms with Crippen LogP contribution >= 0.6 is 0 Å². The molecule has 2 aromatic carbocycles. The normalized spacial score (nSPS) is 14.3. The molecule has 3 aromatic rings. The van der Waals surface area contributed by atoms with Crippen LogP contribution in [0, 0.1) is 6.92 Å². The number of aryl methyl sites for hydroxylation is 1. The summed E-state index contributed by atoms with van der Waals surface area (Å²) in [5.41, 5.74) is 2.32. The van der Waals surface area contributed by atoms with Crippen molar-refractivity contribution < 1.29 is 19.1 Å². The van der Waals surface area contributed by atoms with Crippen molar-refractivity contribution in [1.29, 1.82) is 0 Å². The van der Waals surface area contributed by atoms with E-state index in [1.807, 2.05) is 55.5 Å². The van der Waals surface area contributed by atoms with Gasteiger partial charge in [-0.15, -0.1) is 0 Å². The van der Waals surface area contributed by atoms with E-state index in [1.165, 1.54) is 0 Å². The standard InChI is InChI=1S/C28H32N4O4/c1-21-18-23(11-12-25(21)35-2)27(33)30-24(20-36-19-22-8-4-3-5-9-22)28(34)32-16-14-31(15-17-32)26-10-6-7-13-29-26/h3-13,18,24H,14-17,19-20H2,1-2H3,(H,30,33)/t24-/m1/s1. The van der Waals surface area contributed by atoms with Gasteiger partial charge in [-0.1, -0.05) is 36.4 Å². The number of hydrogen-bond donors (Lipinski definition) is 1. The van der Waals surface area contributed by atoms with E-state index in [1.54, 1.807) is 36.4 Å². The van der Waals surface area contributed by atoms with Gasteiger partial charge in [0.25, 0.3) is 5.91 Å². The van der Waals surface area contributed by atoms with Gasteiger partial charge >= 0.3 is 0 Å². The Morgan fingerprint density at radius 3 is 2.42 bits per heavy atom. The number of rotatable bonds is 9. The third kappa shape index (κ3) is 6.40. The molecule has 0 unspecified atom stereocenters. The van der Waals surface area contributed by atoms with E-state index in [9.17, 15) is 9.59 Å². The average Bonchev–Trinajstić information content (AvgIpc) is 2.93. The summed E-state index contributed by atoms with van der Waals surface area (Å²) in [5, 5.41) is 2.90. The Bertz CT molecular complexity index is 1150. The topological polar surface area (TPSA) is 84.0 Å². The second-order valence-electron chi connectivity index (χ2n) is 8.71. The monoisotopic (exact) mass is 488 g/mol. The van der Waals surface area contributed by atoms with E-state index in [4.69, 9.17) is 9.47 Å². The fraction of sp³-hybridized carbons (Fsp3) is 0.321. The molecule has 0 spiro atoms. The third-order valence-corrected chi connectivity index (χ3v) is 6.22. The first-order valence-electron chi connectivity index (χ1n) is 12.1. The molecule has 0 radical (unpaired) electrons. The molecule has 8 nitrogen and oxygen atoms in total. The molecule has 2 amide bonds. The molecule has 1 aliphatic rings. The van der Waals surface area contributed by atoms with Crippen LogP contribution in [-0.2, 0) is 16.1 Å². The van der Waals surface area contributed by atoms with Gasteiger partial charge in [0.15, 0.2) is 0 Å². The molecule has 2 heterocycles. The number of carbonyl (C=O) groups is 2. The number of pyridine rings is 1. The number of nitrogens with zero attached hydrogens (tertiary/aromatic N) is 3. The Morgan fingerprint density at radius 1 is 1.00 bits per heavy atom. The number of carbonyl (C=O) groups excluding carboxylic acids is 2. The summed E-state index contributed by atoms with van der Waals surface area (Å²) in [4.78, 5) is 34.9. The maximum Gasteiger partial charge on any atom is 0.252 e. The highest BCUT2D eigenvalue weighted by Crippen LogP contribution is 2.19. The number of nitrogens with one attached hydrogen (secondary N) is 1. The summed E-state index contributed by atoms with van der Waals surface area (Å²) in [5.74, 6) is 1.13. The van der Waals surface area contributed by atoms with Crippen LogP contribution in [0.5, 0.6) is 5.75 Å². The van der Waals surface area contributed by atoms with Gasteiger partial charge in [0, 0.05) is 37.9 Å². The van der Waals surface area contributed by atoms with Crippen LogP contribution in [0.3, 0.4) is 0 Å². The minimum Gasteiger partial charge on any atom is -0.496 e. The van der Waals surface area contributed by atoms with Crippen LogP contribution in [-0.4, -0.2) is 67.6 Å². The summed E-state index contributed by atoms with van der Waals surface area (Å²) in [6.07, 6.45) is 1.77. The van der Waals surface area contributed by atoms with Crippen molar-refractivity contribution >= 4 is 17.6 Å². The maximum atomic E-state index is 13.5. The molecule has 0 aliphatic carbocycles. The number of aromatic nitrogens is 1. The highest BCUT2D eigenvalue weighted by Gasteiger charge is 2.29. The number of methoxy groups -OCH3 is 1. The van der Waals surface area contributed by atoms with E-state index in [0.717, 1.165) is 16.9 Å². The van der Waals surface area contributed by atoms with Crippen LogP contribution < -0.4 is 15.0 Å². The second kappa shape index (κ2) is 12.2. The van der Waals surface area contributed by atoms with Crippen molar-refractivity contribution in [2.45, 2.75) is 19.6 Å². The Kier molecular flexibility index (Phi) is 8.52. The number of piperazine rings is 1. The van der Waals surface area contributed by atoms with E-state index in [0.29, 0.717) is 44.1 Å². The van der Waals surface area contributed by atoms with Crippen molar-refractivity contribution in [3.63, 3.8) is 0 Å². The number of amides is 2. The molecule has 1 aliphatic heterocycles. The van der Waals surface area contributed by atoms with Crippen LogP contribution in [0.1, 0.15) is 21.5 Å². The van der Waals surface area contributed by atoms with Gasteiger partial charge in [-0.25, -0.2) is 4.98 Å². The largest absolute Gasteiger partial charge is 0.496 e. The lowest BCUT2D eigenvalue weighted by atomic mass is 10.1. The van der Waals surface area contributed by atoms with E-state index >= 15 is 0 Å². The van der Waals surface area contributed by atoms with Gasteiger partial charge in [-0.3, -0.25) is 9.59 Å². The fourth-order valence-corrected chi connectivity index (χ4v) is 4.22. The van der Waals surface area contributed by atoms with Crippen LogP contribution in [0.4, 0.5) is 5.82 Å². The molecular formula is C28H32N4O4. The molecule has 4 rings (SSSR count). The lowest BCUT2D eigenvalue weighted by Gasteiger charge is -2.37. The molecule has 188 valence electrons. The molecule has 0 bridgehead atoms. The lowest BCUT2D eigenvalue weighted by Crippen LogP contribution is -2.56. The van der Waals surface area contributed by atoms with Crippen molar-refractivity contribution in [3.05, 3.63) is 89.6 Å². The zero-order valence-corrected chi connectivity index (χ0v) is 20.7. The first-order chi connectivity index (χ1) is 17.5. The fourth-order valence-electron chi connectivity index (χ4n) is 4.22. The zero-order chi connectivity index (χ0) is 25.3. The van der Waals surface area contributed by atoms with Crippen LogP contribution in [0.2, 0.25) is 0 Å². The summed E-state index contributed by atoms with van der Waals surface area (Å²) in [6.45, 7) is 4.75. The third-order valence-electron chi connectivity index (χ3n) is 6.22. The van der Waals surface area contributed by atoms with E-state index in [2.05, 4.69) is 15.2 Å². The van der Waals surface area contributed by atoms with Gasteiger partial charge in [0.05, 0.1) is 20.3 Å². The average molecular weight is 489 g/mol. The summed E-state index contributed by atoms with van der Waals surface area (Å²) < 4.78 is 11.2. The first-order valence-corrected chi connectivity index (χ1v) is 12.1. The molecule has 1 saturated heterocycles.